The van der Waals surface area contributed by atoms with E-state index >= 15 is 0 Å². The molecule has 1 aromatic rings. The van der Waals surface area contributed by atoms with Gasteiger partial charge in [-0.05, 0) is 53.7 Å². The number of ether oxygens (including phenoxy) is 1. The highest BCUT2D eigenvalue weighted by atomic mass is 16.6. The van der Waals surface area contributed by atoms with Crippen LogP contribution < -0.4 is 10.6 Å². The van der Waals surface area contributed by atoms with Crippen LogP contribution in [-0.4, -0.2) is 34.3 Å². The van der Waals surface area contributed by atoms with Crippen LogP contribution in [0.25, 0.3) is 0 Å². The first kappa shape index (κ1) is 19.1. The van der Waals surface area contributed by atoms with Crippen LogP contribution in [0.2, 0.25) is 0 Å². The van der Waals surface area contributed by atoms with Gasteiger partial charge in [-0.1, -0.05) is 0 Å². The van der Waals surface area contributed by atoms with Gasteiger partial charge < -0.3 is 19.9 Å². The molecule has 6 heteroatoms. The van der Waals surface area contributed by atoms with Gasteiger partial charge in [-0.2, -0.15) is 0 Å². The molecule has 0 saturated carbocycles. The van der Waals surface area contributed by atoms with Crippen LogP contribution in [0.15, 0.2) is 24.5 Å². The quantitative estimate of drug-likeness (QED) is 0.845. The topological polar surface area (TPSA) is 72.4 Å². The number of rotatable bonds is 6. The molecule has 2 amide bonds. The van der Waals surface area contributed by atoms with E-state index in [1.165, 1.54) is 0 Å². The Labute approximate surface area is 138 Å². The van der Waals surface area contributed by atoms with Gasteiger partial charge in [0.05, 0.1) is 5.54 Å². The zero-order chi connectivity index (χ0) is 17.7. The van der Waals surface area contributed by atoms with Crippen LogP contribution in [0.4, 0.5) is 4.79 Å². The average Bonchev–Trinajstić information content (AvgIpc) is 2.87. The summed E-state index contributed by atoms with van der Waals surface area (Å²) in [5.41, 5.74) is -1.09. The van der Waals surface area contributed by atoms with Crippen molar-refractivity contribution in [2.75, 3.05) is 6.54 Å². The molecule has 1 rings (SSSR count). The largest absolute Gasteiger partial charge is 0.444 e. The first-order valence-electron chi connectivity index (χ1n) is 7.89. The van der Waals surface area contributed by atoms with Crippen LogP contribution in [0.1, 0.15) is 54.0 Å². The Morgan fingerprint density at radius 3 is 2.22 bits per heavy atom. The van der Waals surface area contributed by atoms with E-state index in [1.807, 2.05) is 70.6 Å². The molecule has 2 N–H and O–H groups in total. The van der Waals surface area contributed by atoms with E-state index in [0.29, 0.717) is 13.0 Å². The van der Waals surface area contributed by atoms with Gasteiger partial charge in [0.15, 0.2) is 0 Å². The van der Waals surface area contributed by atoms with Gasteiger partial charge in [0, 0.05) is 31.4 Å². The summed E-state index contributed by atoms with van der Waals surface area (Å²) in [5.74, 6) is -0.0535. The highest BCUT2D eigenvalue weighted by Crippen LogP contribution is 2.12. The number of carbonyl (C=O) groups is 2. The lowest BCUT2D eigenvalue weighted by Crippen LogP contribution is -2.52. The number of nitrogens with one attached hydrogen (secondary N) is 2. The third kappa shape index (κ3) is 7.72. The van der Waals surface area contributed by atoms with Crippen molar-refractivity contribution in [2.45, 2.75) is 65.1 Å². The molecule has 0 bridgehead atoms. The van der Waals surface area contributed by atoms with Crippen molar-refractivity contribution >= 4 is 12.0 Å². The third-order valence-electron chi connectivity index (χ3n) is 3.17. The Balaban J connectivity index is 2.41. The van der Waals surface area contributed by atoms with Crippen LogP contribution in [-0.2, 0) is 9.53 Å². The number of aromatic nitrogens is 1. The summed E-state index contributed by atoms with van der Waals surface area (Å²) in [4.78, 5) is 23.8. The third-order valence-corrected chi connectivity index (χ3v) is 3.17. The Kier molecular flexibility index (Phi) is 6.24. The van der Waals surface area contributed by atoms with Gasteiger partial charge in [-0.25, -0.2) is 4.79 Å². The van der Waals surface area contributed by atoms with Crippen LogP contribution >= 0.6 is 0 Å². The van der Waals surface area contributed by atoms with E-state index < -0.39 is 17.2 Å². The number of hydrogen-bond donors (Lipinski definition) is 2. The maximum atomic E-state index is 12.2. The molecule has 0 saturated heterocycles. The normalized spacial score (nSPS) is 13.3. The molecule has 0 aliphatic rings. The highest BCUT2D eigenvalue weighted by molar-refractivity contribution is 5.77. The molecule has 0 spiro atoms. The van der Waals surface area contributed by atoms with Gasteiger partial charge in [0.2, 0.25) is 5.91 Å². The van der Waals surface area contributed by atoms with Gasteiger partial charge in [0.25, 0.3) is 0 Å². The van der Waals surface area contributed by atoms with Crippen molar-refractivity contribution in [3.05, 3.63) is 24.5 Å². The molecule has 0 aliphatic carbocycles. The maximum absolute atomic E-state index is 12.2. The Morgan fingerprint density at radius 1 is 1.13 bits per heavy atom. The molecule has 0 radical (unpaired) electrons. The number of carbonyl (C=O) groups excluding carboxylic acids is 2. The Bertz CT molecular complexity index is 516. The minimum atomic E-state index is -0.551. The van der Waals surface area contributed by atoms with Crippen molar-refractivity contribution < 1.29 is 14.3 Å². The van der Waals surface area contributed by atoms with Gasteiger partial charge in [-0.15, -0.1) is 0 Å². The Hall–Kier alpha value is -1.98. The molecule has 23 heavy (non-hydrogen) atoms. The molecule has 0 aliphatic heterocycles. The molecule has 0 aromatic carbocycles. The minimum Gasteiger partial charge on any atom is -0.444 e. The zero-order valence-corrected chi connectivity index (χ0v) is 15.0. The van der Waals surface area contributed by atoms with E-state index in [2.05, 4.69) is 10.6 Å². The summed E-state index contributed by atoms with van der Waals surface area (Å²) in [6, 6.07) is 3.95. The monoisotopic (exact) mass is 323 g/mol. The predicted octanol–water partition coefficient (Wildman–Crippen LogP) is 2.86. The number of amides is 2. The van der Waals surface area contributed by atoms with Gasteiger partial charge in [0.1, 0.15) is 5.60 Å². The lowest BCUT2D eigenvalue weighted by atomic mass is 10.0. The minimum absolute atomic E-state index is 0.0535. The molecular weight excluding hydrogens is 294 g/mol. The van der Waals surface area contributed by atoms with Crippen molar-refractivity contribution in [2.24, 2.45) is 0 Å². The van der Waals surface area contributed by atoms with Crippen molar-refractivity contribution in [1.82, 2.24) is 15.2 Å². The molecule has 130 valence electrons. The molecule has 1 heterocycles. The van der Waals surface area contributed by atoms with Crippen molar-refractivity contribution in [1.29, 1.82) is 0 Å². The van der Waals surface area contributed by atoms with E-state index in [0.717, 1.165) is 0 Å². The Morgan fingerprint density at radius 2 is 1.70 bits per heavy atom. The number of nitrogens with zero attached hydrogens (tertiary/aromatic N) is 1. The predicted molar refractivity (Wildman–Crippen MR) is 90.2 cm³/mol. The second-order valence-corrected chi connectivity index (χ2v) is 7.47. The van der Waals surface area contributed by atoms with Crippen LogP contribution in [0.3, 0.4) is 0 Å². The van der Waals surface area contributed by atoms with Crippen LogP contribution in [0, 0.1) is 0 Å². The molecule has 1 aromatic heterocycles. The smallest absolute Gasteiger partial charge is 0.407 e. The fourth-order valence-electron chi connectivity index (χ4n) is 2.10. The number of hydrogen-bond acceptors (Lipinski definition) is 3. The fourth-order valence-corrected chi connectivity index (χ4v) is 2.10. The molecule has 0 fully saturated rings. The maximum Gasteiger partial charge on any atom is 0.407 e. The standard InChI is InChI=1S/C17H29N3O3/c1-13(20-9-7-8-10-20)11-14(21)19-17(5,6)12-18-15(22)23-16(2,3)4/h7-10,13H,11-12H2,1-6H3,(H,18,22)(H,19,21). The molecule has 1 atom stereocenters. The summed E-state index contributed by atoms with van der Waals surface area (Å²) < 4.78 is 7.18. The van der Waals surface area contributed by atoms with Crippen LogP contribution in [0.5, 0.6) is 0 Å². The van der Waals surface area contributed by atoms with E-state index in [9.17, 15) is 9.59 Å². The lowest BCUT2D eigenvalue weighted by molar-refractivity contribution is -0.123. The second kappa shape index (κ2) is 7.53. The SMILES string of the molecule is CC(CC(=O)NC(C)(C)CNC(=O)OC(C)(C)C)n1cccc1. The summed E-state index contributed by atoms with van der Waals surface area (Å²) in [5, 5.41) is 5.63. The van der Waals surface area contributed by atoms with E-state index in [-0.39, 0.29) is 11.9 Å². The lowest BCUT2D eigenvalue weighted by Gasteiger charge is -2.28. The first-order chi connectivity index (χ1) is 10.5. The van der Waals surface area contributed by atoms with E-state index in [4.69, 9.17) is 4.74 Å². The van der Waals surface area contributed by atoms with Crippen molar-refractivity contribution in [3.63, 3.8) is 0 Å². The second-order valence-electron chi connectivity index (χ2n) is 7.47. The molecular formula is C17H29N3O3. The molecule has 1 unspecified atom stereocenters. The van der Waals surface area contributed by atoms with Crippen molar-refractivity contribution in [3.8, 4) is 0 Å². The molecule has 6 nitrogen and oxygen atoms in total. The first-order valence-corrected chi connectivity index (χ1v) is 7.89. The summed E-state index contributed by atoms with van der Waals surface area (Å²) in [7, 11) is 0. The highest BCUT2D eigenvalue weighted by Gasteiger charge is 2.24. The summed E-state index contributed by atoms with van der Waals surface area (Å²) in [6.45, 7) is 11.4. The summed E-state index contributed by atoms with van der Waals surface area (Å²) >= 11 is 0. The number of alkyl carbamates (subject to hydrolysis) is 1. The fraction of sp³-hybridized carbons (Fsp3) is 0.647. The van der Waals surface area contributed by atoms with E-state index in [1.54, 1.807) is 0 Å². The van der Waals surface area contributed by atoms with Gasteiger partial charge in [-0.3, -0.25) is 4.79 Å². The van der Waals surface area contributed by atoms with Gasteiger partial charge >= 0.3 is 6.09 Å². The summed E-state index contributed by atoms with van der Waals surface area (Å²) in [6.07, 6.45) is 3.77. The zero-order valence-electron chi connectivity index (χ0n) is 15.0. The average molecular weight is 323 g/mol.